The predicted octanol–water partition coefficient (Wildman–Crippen LogP) is 2.45. The van der Waals surface area contributed by atoms with Crippen LogP contribution < -0.4 is 5.46 Å². The van der Waals surface area contributed by atoms with Gasteiger partial charge in [-0.05, 0) is 68.2 Å². The molecular formula is C24H27BO4. The molecule has 4 N–H and O–H groups in total. The Morgan fingerprint density at radius 3 is 1.72 bits per heavy atom. The highest BCUT2D eigenvalue weighted by atomic mass is 16.4. The van der Waals surface area contributed by atoms with Gasteiger partial charge >= 0.3 is 7.12 Å². The molecule has 0 radical (unpaired) electrons. The van der Waals surface area contributed by atoms with Gasteiger partial charge in [-0.15, -0.1) is 0 Å². The van der Waals surface area contributed by atoms with Gasteiger partial charge in [-0.1, -0.05) is 54.3 Å². The minimum Gasteiger partial charge on any atom is -0.423 e. The van der Waals surface area contributed by atoms with E-state index in [1.54, 1.807) is 39.8 Å². The maximum atomic E-state index is 9.18. The average Bonchev–Trinajstić information content (AvgIpc) is 2.65. The third-order valence-corrected chi connectivity index (χ3v) is 4.78. The monoisotopic (exact) mass is 390 g/mol. The van der Waals surface area contributed by atoms with Gasteiger partial charge in [-0.2, -0.15) is 0 Å². The molecule has 150 valence electrons. The van der Waals surface area contributed by atoms with Gasteiger partial charge in [0.25, 0.3) is 0 Å². The minimum absolute atomic E-state index is 0.491. The van der Waals surface area contributed by atoms with Gasteiger partial charge in [0.15, 0.2) is 0 Å². The van der Waals surface area contributed by atoms with Crippen molar-refractivity contribution in [3.63, 3.8) is 0 Å². The Balaban J connectivity index is 0.000000321. The maximum Gasteiger partial charge on any atom is 0.488 e. The number of benzene rings is 3. The lowest BCUT2D eigenvalue weighted by atomic mass is 9.79. The Morgan fingerprint density at radius 1 is 0.655 bits per heavy atom. The van der Waals surface area contributed by atoms with Crippen LogP contribution in [0.4, 0.5) is 0 Å². The van der Waals surface area contributed by atoms with Gasteiger partial charge in [0.1, 0.15) is 0 Å². The zero-order valence-electron chi connectivity index (χ0n) is 17.2. The molecule has 0 bridgehead atoms. The van der Waals surface area contributed by atoms with E-state index in [1.165, 1.54) is 0 Å². The van der Waals surface area contributed by atoms with Crippen molar-refractivity contribution in [1.29, 1.82) is 0 Å². The number of hydrogen-bond donors (Lipinski definition) is 4. The Labute approximate surface area is 172 Å². The van der Waals surface area contributed by atoms with Gasteiger partial charge in [-0.25, -0.2) is 0 Å². The normalized spacial score (nSPS) is 11.2. The van der Waals surface area contributed by atoms with Crippen molar-refractivity contribution >= 4 is 23.4 Å². The first-order valence-electron chi connectivity index (χ1n) is 9.39. The van der Waals surface area contributed by atoms with E-state index in [0.717, 1.165) is 21.9 Å². The summed E-state index contributed by atoms with van der Waals surface area (Å²) in [4.78, 5) is 0. The summed E-state index contributed by atoms with van der Waals surface area (Å²) in [6.45, 7) is 6.31. The summed E-state index contributed by atoms with van der Waals surface area (Å²) in [6, 6.07) is 21.1. The molecule has 0 aliphatic carbocycles. The Morgan fingerprint density at radius 2 is 1.17 bits per heavy atom. The smallest absolute Gasteiger partial charge is 0.423 e. The van der Waals surface area contributed by atoms with E-state index >= 15 is 0 Å². The highest BCUT2D eigenvalue weighted by Gasteiger charge is 2.31. The van der Waals surface area contributed by atoms with Crippen LogP contribution in [-0.2, 0) is 0 Å². The first-order valence-corrected chi connectivity index (χ1v) is 9.39. The third-order valence-electron chi connectivity index (χ3n) is 4.78. The van der Waals surface area contributed by atoms with Crippen LogP contribution in [0.15, 0.2) is 66.7 Å². The molecule has 3 aromatic rings. The molecule has 0 atom stereocenters. The van der Waals surface area contributed by atoms with E-state index in [-0.39, 0.29) is 0 Å². The van der Waals surface area contributed by atoms with Gasteiger partial charge in [0.2, 0.25) is 0 Å². The quantitative estimate of drug-likeness (QED) is 0.400. The minimum atomic E-state index is -1.44. The summed E-state index contributed by atoms with van der Waals surface area (Å²) in [5, 5.41) is 38.6. The zero-order chi connectivity index (χ0) is 21.7. The third kappa shape index (κ3) is 6.74. The maximum absolute atomic E-state index is 9.18. The molecule has 5 heteroatoms. The van der Waals surface area contributed by atoms with E-state index < -0.39 is 18.3 Å². The van der Waals surface area contributed by atoms with Crippen molar-refractivity contribution in [3.05, 3.63) is 77.9 Å². The van der Waals surface area contributed by atoms with Crippen LogP contribution in [0, 0.1) is 11.8 Å². The summed E-state index contributed by atoms with van der Waals surface area (Å²) >= 11 is 0. The molecule has 0 amide bonds. The zero-order valence-corrected chi connectivity index (χ0v) is 17.2. The predicted molar refractivity (Wildman–Crippen MR) is 119 cm³/mol. The lowest BCUT2D eigenvalue weighted by Crippen LogP contribution is -2.44. The Hall–Kier alpha value is -2.62. The molecule has 4 nitrogen and oxygen atoms in total. The summed E-state index contributed by atoms with van der Waals surface area (Å²) in [7, 11) is -1.44. The van der Waals surface area contributed by atoms with Crippen LogP contribution in [0.25, 0.3) is 10.8 Å². The molecule has 0 unspecified atom stereocenters. The highest BCUT2D eigenvalue weighted by molar-refractivity contribution is 6.58. The molecule has 0 fully saturated rings. The van der Waals surface area contributed by atoms with E-state index in [1.807, 2.05) is 54.6 Å². The fourth-order valence-corrected chi connectivity index (χ4v) is 2.17. The molecule has 0 heterocycles. The molecule has 0 saturated heterocycles. The van der Waals surface area contributed by atoms with E-state index in [2.05, 4.69) is 11.8 Å². The van der Waals surface area contributed by atoms with Gasteiger partial charge in [0.05, 0.1) is 11.2 Å². The summed E-state index contributed by atoms with van der Waals surface area (Å²) < 4.78 is 0. The second-order valence-electron chi connectivity index (χ2n) is 7.93. The SMILES string of the molecule is CC(C)(O)C(C)(C)O.OB(O)c1ccc2cc(C#Cc3ccccc3)ccc2c1. The molecule has 0 spiro atoms. The highest BCUT2D eigenvalue weighted by Crippen LogP contribution is 2.19. The number of hydrogen-bond acceptors (Lipinski definition) is 4. The lowest BCUT2D eigenvalue weighted by Gasteiger charge is -2.31. The summed E-state index contributed by atoms with van der Waals surface area (Å²) in [5.41, 5.74) is 0.394. The fourth-order valence-electron chi connectivity index (χ4n) is 2.17. The molecule has 3 aromatic carbocycles. The van der Waals surface area contributed by atoms with E-state index in [4.69, 9.17) is 10.2 Å². The summed E-state index contributed by atoms with van der Waals surface area (Å²) in [6.07, 6.45) is 0. The number of fused-ring (bicyclic) bond motifs is 1. The van der Waals surface area contributed by atoms with Crippen LogP contribution >= 0.6 is 0 Å². The molecule has 0 saturated carbocycles. The Bertz CT molecular complexity index is 992. The van der Waals surface area contributed by atoms with E-state index in [9.17, 15) is 10.0 Å². The summed E-state index contributed by atoms with van der Waals surface area (Å²) in [5.74, 6) is 6.27. The first kappa shape index (κ1) is 22.7. The van der Waals surface area contributed by atoms with Gasteiger partial charge in [-0.3, -0.25) is 0 Å². The lowest BCUT2D eigenvalue weighted by molar-refractivity contribution is -0.107. The number of aliphatic hydroxyl groups is 2. The molecular weight excluding hydrogens is 363 g/mol. The van der Waals surface area contributed by atoms with Gasteiger partial charge < -0.3 is 20.3 Å². The second-order valence-corrected chi connectivity index (χ2v) is 7.93. The topological polar surface area (TPSA) is 80.9 Å². The van der Waals surface area contributed by atoms with Crippen molar-refractivity contribution in [3.8, 4) is 11.8 Å². The van der Waals surface area contributed by atoms with Gasteiger partial charge in [0, 0.05) is 11.1 Å². The Kier molecular flexibility index (Phi) is 7.24. The second kappa shape index (κ2) is 9.26. The van der Waals surface area contributed by atoms with Crippen LogP contribution in [0.2, 0.25) is 0 Å². The van der Waals surface area contributed by atoms with Crippen LogP contribution in [0.5, 0.6) is 0 Å². The van der Waals surface area contributed by atoms with Crippen molar-refractivity contribution in [2.75, 3.05) is 0 Å². The number of rotatable bonds is 2. The standard InChI is InChI=1S/C18H13BO2.C6H14O2/c20-19(21)18-11-10-16-12-15(8-9-17(16)13-18)7-6-14-4-2-1-3-5-14;1-5(2,7)6(3,4)8/h1-5,8-13,20-21H;7-8H,1-4H3. The largest absolute Gasteiger partial charge is 0.488 e. The average molecular weight is 390 g/mol. The molecule has 0 aromatic heterocycles. The van der Waals surface area contributed by atoms with Crippen molar-refractivity contribution < 1.29 is 20.3 Å². The molecule has 0 aliphatic heterocycles. The van der Waals surface area contributed by atoms with Crippen molar-refractivity contribution in [2.24, 2.45) is 0 Å². The van der Waals surface area contributed by atoms with Crippen molar-refractivity contribution in [2.45, 2.75) is 38.9 Å². The van der Waals surface area contributed by atoms with Crippen LogP contribution in [0.3, 0.4) is 0 Å². The van der Waals surface area contributed by atoms with Crippen LogP contribution in [0.1, 0.15) is 38.8 Å². The molecule has 0 aliphatic rings. The molecule has 3 rings (SSSR count). The van der Waals surface area contributed by atoms with Crippen molar-refractivity contribution in [1.82, 2.24) is 0 Å². The molecule has 29 heavy (non-hydrogen) atoms. The fraction of sp³-hybridized carbons (Fsp3) is 0.250. The van der Waals surface area contributed by atoms with Crippen LogP contribution in [-0.4, -0.2) is 38.6 Å². The van der Waals surface area contributed by atoms with E-state index in [0.29, 0.717) is 5.46 Å². The first-order chi connectivity index (χ1) is 13.5.